The van der Waals surface area contributed by atoms with Gasteiger partial charge in [0.05, 0.1) is 16.3 Å². The molecular weight excluding hydrogens is 468 g/mol. The molecule has 36 heavy (non-hydrogen) atoms. The molecule has 1 aromatic rings. The molecule has 0 saturated heterocycles. The van der Waals surface area contributed by atoms with Crippen LogP contribution in [0.3, 0.4) is 0 Å². The molecule has 0 bridgehead atoms. The summed E-state index contributed by atoms with van der Waals surface area (Å²) in [6.45, 7) is 14.0. The van der Waals surface area contributed by atoms with Crippen LogP contribution in [0.15, 0.2) is 94.8 Å². The van der Waals surface area contributed by atoms with Gasteiger partial charge in [0.1, 0.15) is 6.07 Å². The van der Waals surface area contributed by atoms with Gasteiger partial charge in [-0.3, -0.25) is 4.79 Å². The van der Waals surface area contributed by atoms with Gasteiger partial charge in [0.2, 0.25) is 0 Å². The summed E-state index contributed by atoms with van der Waals surface area (Å²) in [5.74, 6) is -0.113. The van der Waals surface area contributed by atoms with Crippen molar-refractivity contribution < 1.29 is 4.79 Å². The van der Waals surface area contributed by atoms with Crippen LogP contribution in [-0.2, 0) is 4.79 Å². The van der Waals surface area contributed by atoms with Crippen molar-refractivity contribution in [2.75, 3.05) is 11.6 Å². The third-order valence-electron chi connectivity index (χ3n) is 5.39. The molecule has 1 N–H and O–H groups in total. The van der Waals surface area contributed by atoms with Crippen molar-refractivity contribution in [3.05, 3.63) is 100 Å². The van der Waals surface area contributed by atoms with Crippen LogP contribution in [-0.4, -0.2) is 18.7 Å². The number of carbonyl (C=O) groups is 1. The Kier molecular flexibility index (Phi) is 14.3. The van der Waals surface area contributed by atoms with Gasteiger partial charge in [0, 0.05) is 24.0 Å². The molecule has 6 heteroatoms. The lowest BCUT2D eigenvalue weighted by Gasteiger charge is -2.22. The molecule has 0 atom stereocenters. The molecule has 0 aliphatic rings. The maximum Gasteiger partial charge on any atom is 0.251 e. The van der Waals surface area contributed by atoms with Gasteiger partial charge in [-0.05, 0) is 70.7 Å². The van der Waals surface area contributed by atoms with Gasteiger partial charge in [-0.25, -0.2) is 5.01 Å². The fraction of sp³-hybridized carbons (Fsp3) is 0.300. The fourth-order valence-corrected chi connectivity index (χ4v) is 3.46. The van der Waals surface area contributed by atoms with Gasteiger partial charge in [0.15, 0.2) is 0 Å². The van der Waals surface area contributed by atoms with E-state index in [1.54, 1.807) is 24.4 Å². The second-order valence-electron chi connectivity index (χ2n) is 7.98. The topological polar surface area (TPSA) is 68.5 Å². The first-order chi connectivity index (χ1) is 17.3. The van der Waals surface area contributed by atoms with Crippen molar-refractivity contribution in [3.63, 3.8) is 0 Å². The van der Waals surface area contributed by atoms with Crippen LogP contribution in [0.25, 0.3) is 0 Å². The second kappa shape index (κ2) is 16.9. The number of anilines is 1. The minimum Gasteiger partial charge on any atom is -0.348 e. The predicted molar refractivity (Wildman–Crippen MR) is 154 cm³/mol. The molecule has 0 unspecified atom stereocenters. The first-order valence-electron chi connectivity index (χ1n) is 12.1. The molecule has 190 valence electrons. The van der Waals surface area contributed by atoms with E-state index in [0.717, 1.165) is 41.8 Å². The first kappa shape index (κ1) is 30.4. The number of nitriles is 1. The zero-order valence-electron chi connectivity index (χ0n) is 22.0. The summed E-state index contributed by atoms with van der Waals surface area (Å²) in [6, 6.07) is 7.35. The molecule has 1 amide bonds. The molecule has 0 fully saturated rings. The Morgan fingerprint density at radius 2 is 2.00 bits per heavy atom. The summed E-state index contributed by atoms with van der Waals surface area (Å²) in [5.41, 5.74) is 4.97. The normalized spacial score (nSPS) is 13.2. The predicted octanol–water partition coefficient (Wildman–Crippen LogP) is 7.80. The number of allylic oxidation sites excluding steroid dienone is 7. The molecule has 1 rings (SSSR count). The highest BCUT2D eigenvalue weighted by Gasteiger charge is 2.12. The number of amides is 1. The van der Waals surface area contributed by atoms with Crippen molar-refractivity contribution in [2.24, 2.45) is 5.10 Å². The molecule has 0 spiro atoms. The SMILES string of the molecule is C=C/C=C(\C=C/CC)CNC(=O)C(/C=C\CC/C(C)=C(\C)N(/N=C/C)c1ccc(C#N)c(Cl)c1)=C/C. The van der Waals surface area contributed by atoms with E-state index in [0.29, 0.717) is 22.7 Å². The molecule has 5 nitrogen and oxygen atoms in total. The van der Waals surface area contributed by atoms with Crippen LogP contribution in [0.2, 0.25) is 5.02 Å². The Balaban J connectivity index is 2.85. The Morgan fingerprint density at radius 3 is 2.58 bits per heavy atom. The van der Waals surface area contributed by atoms with E-state index in [1.165, 1.54) is 0 Å². The first-order valence-corrected chi connectivity index (χ1v) is 12.4. The number of hydrogen-bond donors (Lipinski definition) is 1. The van der Waals surface area contributed by atoms with Crippen LogP contribution in [0.4, 0.5) is 5.69 Å². The standard InChI is InChI=1S/C30H37ClN4O/c1-7-11-16-25(14-8-2)22-33-30(36)26(9-3)17-13-12-15-23(5)24(6)35(34-10-4)28-19-18-27(21-32)29(31)20-28/h8-11,13-14,16-20H,2,7,12,15,22H2,1,3-6H3,(H,33,36)/b16-11-,17-13-,24-23+,25-14+,26-9+,34-10+. The third kappa shape index (κ3) is 9.93. The van der Waals surface area contributed by atoms with E-state index in [-0.39, 0.29) is 5.91 Å². The van der Waals surface area contributed by atoms with Gasteiger partial charge < -0.3 is 5.32 Å². The minimum absolute atomic E-state index is 0.113. The average Bonchev–Trinajstić information content (AvgIpc) is 2.88. The Hall–Kier alpha value is -3.62. The lowest BCUT2D eigenvalue weighted by atomic mass is 10.1. The van der Waals surface area contributed by atoms with Gasteiger partial charge in [-0.1, -0.05) is 73.2 Å². The summed E-state index contributed by atoms with van der Waals surface area (Å²) in [7, 11) is 0. The van der Waals surface area contributed by atoms with Crippen LogP contribution in [0.1, 0.15) is 59.4 Å². The average molecular weight is 505 g/mol. The molecule has 0 radical (unpaired) electrons. The molecule has 0 aliphatic carbocycles. The number of hydrogen-bond acceptors (Lipinski definition) is 4. The lowest BCUT2D eigenvalue weighted by molar-refractivity contribution is -0.117. The monoisotopic (exact) mass is 504 g/mol. The van der Waals surface area contributed by atoms with Gasteiger partial charge >= 0.3 is 0 Å². The smallest absolute Gasteiger partial charge is 0.251 e. The summed E-state index contributed by atoms with van der Waals surface area (Å²) < 4.78 is 0. The Bertz CT molecular complexity index is 1130. The second-order valence-corrected chi connectivity index (χ2v) is 8.39. The Morgan fingerprint density at radius 1 is 1.25 bits per heavy atom. The number of nitrogens with zero attached hydrogens (tertiary/aromatic N) is 3. The highest BCUT2D eigenvalue weighted by molar-refractivity contribution is 6.32. The molecular formula is C30H37ClN4O. The zero-order valence-corrected chi connectivity index (χ0v) is 22.8. The van der Waals surface area contributed by atoms with E-state index in [9.17, 15) is 4.79 Å². The maximum absolute atomic E-state index is 12.6. The number of nitrogens with one attached hydrogen (secondary N) is 1. The number of benzene rings is 1. The third-order valence-corrected chi connectivity index (χ3v) is 5.71. The van der Waals surface area contributed by atoms with Crippen molar-refractivity contribution in [3.8, 4) is 6.07 Å². The van der Waals surface area contributed by atoms with Crippen LogP contribution >= 0.6 is 11.6 Å². The van der Waals surface area contributed by atoms with Crippen molar-refractivity contribution in [1.82, 2.24) is 5.32 Å². The number of rotatable bonds is 13. The summed E-state index contributed by atoms with van der Waals surface area (Å²) >= 11 is 6.23. The van der Waals surface area contributed by atoms with Crippen LogP contribution < -0.4 is 10.3 Å². The van der Waals surface area contributed by atoms with Gasteiger partial charge in [0.25, 0.3) is 5.91 Å². The van der Waals surface area contributed by atoms with Crippen LogP contribution in [0, 0.1) is 11.3 Å². The van der Waals surface area contributed by atoms with Crippen LogP contribution in [0.5, 0.6) is 0 Å². The maximum atomic E-state index is 12.6. The van der Waals surface area contributed by atoms with E-state index in [4.69, 9.17) is 16.9 Å². The quantitative estimate of drug-likeness (QED) is 0.129. The van der Waals surface area contributed by atoms with Gasteiger partial charge in [-0.2, -0.15) is 10.4 Å². The highest BCUT2D eigenvalue weighted by atomic mass is 35.5. The summed E-state index contributed by atoms with van der Waals surface area (Å²) in [6.07, 6.45) is 17.6. The number of carbonyl (C=O) groups excluding carboxylic acids is 1. The molecule has 0 aliphatic heterocycles. The fourth-order valence-electron chi connectivity index (χ4n) is 3.24. The zero-order chi connectivity index (χ0) is 26.9. The van der Waals surface area contributed by atoms with Crippen molar-refractivity contribution in [2.45, 2.75) is 53.9 Å². The van der Waals surface area contributed by atoms with E-state index in [1.807, 2.05) is 62.2 Å². The van der Waals surface area contributed by atoms with E-state index in [2.05, 4.69) is 43.0 Å². The summed E-state index contributed by atoms with van der Waals surface area (Å²) in [5, 5.41) is 18.8. The lowest BCUT2D eigenvalue weighted by Crippen LogP contribution is -2.26. The van der Waals surface area contributed by atoms with E-state index >= 15 is 0 Å². The molecule has 0 saturated carbocycles. The molecule has 0 aromatic heterocycles. The largest absolute Gasteiger partial charge is 0.348 e. The number of halogens is 1. The minimum atomic E-state index is -0.113. The highest BCUT2D eigenvalue weighted by Crippen LogP contribution is 2.28. The van der Waals surface area contributed by atoms with Crippen molar-refractivity contribution >= 4 is 29.4 Å². The Labute approximate surface area is 221 Å². The van der Waals surface area contributed by atoms with Crippen molar-refractivity contribution in [1.29, 1.82) is 5.26 Å². The number of hydrazone groups is 1. The van der Waals surface area contributed by atoms with E-state index < -0.39 is 0 Å². The summed E-state index contributed by atoms with van der Waals surface area (Å²) in [4.78, 5) is 12.6. The molecule has 1 aromatic carbocycles. The van der Waals surface area contributed by atoms with Gasteiger partial charge in [-0.15, -0.1) is 0 Å². The molecule has 0 heterocycles.